The molecule has 1 heterocycles. The van der Waals surface area contributed by atoms with Gasteiger partial charge in [0, 0.05) is 18.3 Å². The van der Waals surface area contributed by atoms with E-state index in [0.717, 1.165) is 24.5 Å². The van der Waals surface area contributed by atoms with E-state index in [4.69, 9.17) is 16.3 Å². The number of hydrogen-bond acceptors (Lipinski definition) is 6. The van der Waals surface area contributed by atoms with E-state index in [2.05, 4.69) is 14.7 Å². The van der Waals surface area contributed by atoms with Crippen molar-refractivity contribution in [2.45, 2.75) is 48.4 Å². The van der Waals surface area contributed by atoms with Crippen LogP contribution in [0.3, 0.4) is 0 Å². The minimum atomic E-state index is -4.43. The number of sulfonamides is 1. The summed E-state index contributed by atoms with van der Waals surface area (Å²) in [6.45, 7) is 0. The van der Waals surface area contributed by atoms with Gasteiger partial charge < -0.3 is 9.64 Å². The Hall–Kier alpha value is -2.96. The number of likely N-dealkylation sites (N-methyl/N-ethyl adjacent to an activating group) is 1. The highest BCUT2D eigenvalue weighted by molar-refractivity contribution is 7.92. The highest BCUT2D eigenvalue weighted by Crippen LogP contribution is 2.40. The fraction of sp³-hybridized carbons (Fsp3) is 0.360. The molecule has 0 amide bonds. The van der Waals surface area contributed by atoms with Crippen molar-refractivity contribution in [1.29, 1.82) is 0 Å². The first-order chi connectivity index (χ1) is 17.8. The molecule has 1 aliphatic rings. The number of halogens is 5. The van der Waals surface area contributed by atoms with Gasteiger partial charge in [0.25, 0.3) is 10.0 Å². The van der Waals surface area contributed by atoms with Crippen LogP contribution in [-0.2, 0) is 16.2 Å². The van der Waals surface area contributed by atoms with Crippen LogP contribution in [0.15, 0.2) is 59.9 Å². The zero-order valence-electron chi connectivity index (χ0n) is 20.4. The number of aromatic nitrogens is 2. The molecule has 3 atom stereocenters. The number of benzene rings is 2. The molecule has 0 spiro atoms. The van der Waals surface area contributed by atoms with E-state index >= 15 is 0 Å². The van der Waals surface area contributed by atoms with Crippen molar-refractivity contribution in [2.24, 2.45) is 0 Å². The third-order valence-electron chi connectivity index (χ3n) is 6.48. The van der Waals surface area contributed by atoms with Crippen molar-refractivity contribution < 1.29 is 30.7 Å². The van der Waals surface area contributed by atoms with Crippen molar-refractivity contribution in [2.75, 3.05) is 18.8 Å². The normalized spacial score (nSPS) is 20.4. The molecule has 0 saturated heterocycles. The van der Waals surface area contributed by atoms with Crippen molar-refractivity contribution in [3.8, 4) is 5.75 Å². The average Bonchev–Trinajstić information content (AvgIpc) is 2.86. The van der Waals surface area contributed by atoms with Gasteiger partial charge >= 0.3 is 6.18 Å². The van der Waals surface area contributed by atoms with Gasteiger partial charge in [0.05, 0.1) is 10.6 Å². The van der Waals surface area contributed by atoms with Crippen molar-refractivity contribution in [1.82, 2.24) is 14.9 Å². The Morgan fingerprint density at radius 1 is 1.13 bits per heavy atom. The first-order valence-electron chi connectivity index (χ1n) is 11.6. The summed E-state index contributed by atoms with van der Waals surface area (Å²) in [7, 11) is -0.685. The van der Waals surface area contributed by atoms with Crippen molar-refractivity contribution in [3.63, 3.8) is 0 Å². The molecule has 38 heavy (non-hydrogen) atoms. The van der Waals surface area contributed by atoms with E-state index in [-0.39, 0.29) is 28.5 Å². The molecule has 1 saturated carbocycles. The lowest BCUT2D eigenvalue weighted by molar-refractivity contribution is -0.137. The minimum Gasteiger partial charge on any atom is -0.487 e. The van der Waals surface area contributed by atoms with Crippen LogP contribution in [0.4, 0.5) is 23.4 Å². The maximum Gasteiger partial charge on any atom is 0.416 e. The van der Waals surface area contributed by atoms with Crippen LogP contribution in [0.2, 0.25) is 5.02 Å². The Labute approximate surface area is 222 Å². The molecule has 13 heteroatoms. The van der Waals surface area contributed by atoms with Gasteiger partial charge in [-0.3, -0.25) is 4.72 Å². The fourth-order valence-electron chi connectivity index (χ4n) is 4.58. The zero-order chi connectivity index (χ0) is 27.7. The van der Waals surface area contributed by atoms with Crippen LogP contribution in [0, 0.1) is 5.82 Å². The lowest BCUT2D eigenvalue weighted by atomic mass is 9.79. The van der Waals surface area contributed by atoms with Crippen LogP contribution in [0.5, 0.6) is 5.75 Å². The van der Waals surface area contributed by atoms with E-state index < -0.39 is 38.6 Å². The lowest BCUT2D eigenvalue weighted by Crippen LogP contribution is -2.46. The minimum absolute atomic E-state index is 0.0282. The average molecular weight is 573 g/mol. The topological polar surface area (TPSA) is 84.4 Å². The molecule has 1 N–H and O–H groups in total. The summed E-state index contributed by atoms with van der Waals surface area (Å²) < 4.78 is 88.2. The van der Waals surface area contributed by atoms with Gasteiger partial charge in [-0.2, -0.15) is 13.2 Å². The second-order valence-corrected chi connectivity index (χ2v) is 11.3. The molecular weight excluding hydrogens is 548 g/mol. The third kappa shape index (κ3) is 6.36. The van der Waals surface area contributed by atoms with Gasteiger partial charge in [0.2, 0.25) is 0 Å². The van der Waals surface area contributed by atoms with Gasteiger partial charge in [0.1, 0.15) is 34.7 Å². The molecular formula is C25H25ClF4N4O3S. The van der Waals surface area contributed by atoms with Crippen LogP contribution in [0.1, 0.15) is 36.3 Å². The number of anilines is 1. The second kappa shape index (κ2) is 11.0. The Kier molecular flexibility index (Phi) is 8.15. The Morgan fingerprint density at radius 3 is 2.55 bits per heavy atom. The number of nitrogens with zero attached hydrogens (tertiary/aromatic N) is 3. The summed E-state index contributed by atoms with van der Waals surface area (Å²) in [6.07, 6.45) is -0.889. The fourth-order valence-corrected chi connectivity index (χ4v) is 5.95. The van der Waals surface area contributed by atoms with Gasteiger partial charge in [-0.15, -0.1) is 0 Å². The van der Waals surface area contributed by atoms with Crippen LogP contribution >= 0.6 is 11.6 Å². The van der Waals surface area contributed by atoms with Crippen LogP contribution in [-0.4, -0.2) is 49.5 Å². The lowest BCUT2D eigenvalue weighted by Gasteiger charge is -2.40. The molecule has 7 nitrogen and oxygen atoms in total. The Bertz CT molecular complexity index is 1390. The van der Waals surface area contributed by atoms with Gasteiger partial charge in [-0.05, 0) is 63.0 Å². The third-order valence-corrected chi connectivity index (χ3v) is 8.14. The number of nitrogens with one attached hydrogen (secondary N) is 1. The van der Waals surface area contributed by atoms with Crippen molar-refractivity contribution in [3.05, 3.63) is 77.0 Å². The van der Waals surface area contributed by atoms with Crippen molar-refractivity contribution >= 4 is 27.4 Å². The highest BCUT2D eigenvalue weighted by atomic mass is 35.5. The standard InChI is InChI=1S/C25H25ClF4N4O3S/c1-34(2)20-11-16(15-4-3-5-17(10-15)25(28,29)30)6-7-21(20)37-22-13-19(27)23(12-18(22)26)38(35,36)33-24-8-9-31-14-32-24/h3-5,8-10,12-14,16,20-21H,6-7,11H2,1-2H3,(H,31,32,33)/t16-,20-,21-/m0/s1. The molecule has 3 aromatic rings. The predicted octanol–water partition coefficient (Wildman–Crippen LogP) is 5.73. The Morgan fingerprint density at radius 2 is 1.89 bits per heavy atom. The first kappa shape index (κ1) is 28.1. The molecule has 1 aliphatic carbocycles. The maximum absolute atomic E-state index is 15.0. The number of rotatable bonds is 7. The molecule has 0 radical (unpaired) electrons. The molecule has 0 unspecified atom stereocenters. The first-order valence-corrected chi connectivity index (χ1v) is 13.5. The zero-order valence-corrected chi connectivity index (χ0v) is 22.0. The molecule has 1 aromatic heterocycles. The summed E-state index contributed by atoms with van der Waals surface area (Å²) in [5.41, 5.74) is -0.0961. The van der Waals surface area contributed by atoms with E-state index in [0.29, 0.717) is 24.8 Å². The largest absolute Gasteiger partial charge is 0.487 e. The summed E-state index contributed by atoms with van der Waals surface area (Å²) >= 11 is 6.31. The quantitative estimate of drug-likeness (QED) is 0.364. The van der Waals surface area contributed by atoms with Gasteiger partial charge in [-0.25, -0.2) is 22.8 Å². The Balaban J connectivity index is 1.52. The molecule has 2 aromatic carbocycles. The van der Waals surface area contributed by atoms with Crippen LogP contribution < -0.4 is 9.46 Å². The molecule has 0 aliphatic heterocycles. The van der Waals surface area contributed by atoms with E-state index in [1.165, 1.54) is 24.4 Å². The SMILES string of the molecule is CN(C)[C@H]1C[C@@H](c2cccc(C(F)(F)F)c2)CC[C@@H]1Oc1cc(F)c(S(=O)(=O)Nc2ccncn2)cc1Cl. The summed E-state index contributed by atoms with van der Waals surface area (Å²) in [6, 6.07) is 8.30. The monoisotopic (exact) mass is 572 g/mol. The molecule has 204 valence electrons. The highest BCUT2D eigenvalue weighted by Gasteiger charge is 2.36. The van der Waals surface area contributed by atoms with E-state index in [1.54, 1.807) is 6.07 Å². The maximum atomic E-state index is 15.0. The summed E-state index contributed by atoms with van der Waals surface area (Å²) in [5.74, 6) is -1.26. The van der Waals surface area contributed by atoms with E-state index in [9.17, 15) is 26.0 Å². The second-order valence-electron chi connectivity index (χ2n) is 9.23. The predicted molar refractivity (Wildman–Crippen MR) is 134 cm³/mol. The molecule has 0 bridgehead atoms. The summed E-state index contributed by atoms with van der Waals surface area (Å²) in [5, 5.41) is -0.105. The summed E-state index contributed by atoms with van der Waals surface area (Å²) in [4.78, 5) is 8.69. The van der Waals surface area contributed by atoms with Gasteiger partial charge in [0.15, 0.2) is 0 Å². The molecule has 1 fully saturated rings. The number of ether oxygens (including phenoxy) is 1. The number of alkyl halides is 3. The van der Waals surface area contributed by atoms with E-state index in [1.807, 2.05) is 19.0 Å². The van der Waals surface area contributed by atoms with Crippen LogP contribution in [0.25, 0.3) is 0 Å². The molecule has 4 rings (SSSR count). The van der Waals surface area contributed by atoms with Gasteiger partial charge in [-0.1, -0.05) is 29.8 Å². The number of hydrogen-bond donors (Lipinski definition) is 1. The smallest absolute Gasteiger partial charge is 0.416 e.